The molecule has 2 aromatic heterocycles. The number of nitrogens with one attached hydrogen (secondary N) is 1. The van der Waals surface area contributed by atoms with Crippen LogP contribution in [0.3, 0.4) is 0 Å². The zero-order valence-corrected chi connectivity index (χ0v) is 9.01. The number of hydrogen-bond acceptors (Lipinski definition) is 3. The van der Waals surface area contributed by atoms with Crippen molar-refractivity contribution in [2.45, 2.75) is 13.1 Å². The van der Waals surface area contributed by atoms with Crippen molar-refractivity contribution in [3.05, 3.63) is 35.9 Å². The Kier molecular flexibility index (Phi) is 2.82. The van der Waals surface area contributed by atoms with E-state index in [1.807, 2.05) is 43.4 Å². The molecule has 2 rings (SSSR count). The van der Waals surface area contributed by atoms with Crippen LogP contribution in [0.5, 0.6) is 0 Å². The maximum Gasteiger partial charge on any atom is 0.0849 e. The van der Waals surface area contributed by atoms with Gasteiger partial charge < -0.3 is 5.32 Å². The zero-order valence-electron chi connectivity index (χ0n) is 9.01. The fraction of sp³-hybridized carbons (Fsp3) is 0.400. The van der Waals surface area contributed by atoms with E-state index in [0.717, 1.165) is 18.8 Å². The topological polar surface area (TPSA) is 47.7 Å². The molecule has 2 aromatic rings. The highest BCUT2D eigenvalue weighted by Crippen LogP contribution is 2.01. The lowest BCUT2D eigenvalue weighted by molar-refractivity contribution is 0.649. The van der Waals surface area contributed by atoms with Gasteiger partial charge in [-0.15, -0.1) is 0 Å². The van der Waals surface area contributed by atoms with Crippen LogP contribution in [-0.2, 0) is 20.1 Å². The summed E-state index contributed by atoms with van der Waals surface area (Å²) in [6, 6.07) is 2.00. The molecule has 5 nitrogen and oxygen atoms in total. The van der Waals surface area contributed by atoms with Crippen LogP contribution >= 0.6 is 0 Å². The van der Waals surface area contributed by atoms with Gasteiger partial charge in [0.1, 0.15) is 0 Å². The molecule has 0 aliphatic carbocycles. The molecular formula is C10H15N5. The van der Waals surface area contributed by atoms with Gasteiger partial charge in [0.2, 0.25) is 0 Å². The first-order valence-corrected chi connectivity index (χ1v) is 4.92. The molecule has 0 amide bonds. The molecule has 0 spiro atoms. The van der Waals surface area contributed by atoms with Crippen LogP contribution in [0.4, 0.5) is 0 Å². The summed E-state index contributed by atoms with van der Waals surface area (Å²) < 4.78 is 3.70. The van der Waals surface area contributed by atoms with Gasteiger partial charge in [-0.25, -0.2) is 0 Å². The first-order valence-electron chi connectivity index (χ1n) is 4.92. The average molecular weight is 205 g/mol. The minimum Gasteiger partial charge on any atom is -0.316 e. The lowest BCUT2D eigenvalue weighted by atomic mass is 10.3. The quantitative estimate of drug-likeness (QED) is 0.785. The van der Waals surface area contributed by atoms with E-state index < -0.39 is 0 Å². The maximum atomic E-state index is 4.30. The Balaban J connectivity index is 2.04. The Morgan fingerprint density at radius 3 is 3.00 bits per heavy atom. The van der Waals surface area contributed by atoms with Crippen molar-refractivity contribution >= 4 is 0 Å². The number of rotatable bonds is 4. The fourth-order valence-corrected chi connectivity index (χ4v) is 1.50. The van der Waals surface area contributed by atoms with E-state index in [-0.39, 0.29) is 0 Å². The highest BCUT2D eigenvalue weighted by atomic mass is 15.3. The van der Waals surface area contributed by atoms with Crippen LogP contribution in [0.2, 0.25) is 0 Å². The van der Waals surface area contributed by atoms with Crippen molar-refractivity contribution < 1.29 is 0 Å². The lowest BCUT2D eigenvalue weighted by Gasteiger charge is -1.96. The van der Waals surface area contributed by atoms with Gasteiger partial charge in [0.15, 0.2) is 0 Å². The zero-order chi connectivity index (χ0) is 10.7. The molecular weight excluding hydrogens is 190 g/mol. The van der Waals surface area contributed by atoms with Gasteiger partial charge in [0, 0.05) is 31.5 Å². The summed E-state index contributed by atoms with van der Waals surface area (Å²) in [6.07, 6.45) is 5.85. The van der Waals surface area contributed by atoms with Crippen molar-refractivity contribution in [1.82, 2.24) is 24.9 Å². The normalized spacial score (nSPS) is 10.8. The molecule has 0 aliphatic rings. The van der Waals surface area contributed by atoms with E-state index in [2.05, 4.69) is 15.5 Å². The molecule has 0 bridgehead atoms. The van der Waals surface area contributed by atoms with E-state index >= 15 is 0 Å². The van der Waals surface area contributed by atoms with Crippen LogP contribution < -0.4 is 5.32 Å². The van der Waals surface area contributed by atoms with Crippen LogP contribution in [0.25, 0.3) is 0 Å². The van der Waals surface area contributed by atoms with Gasteiger partial charge in [-0.3, -0.25) is 9.36 Å². The monoisotopic (exact) mass is 205 g/mol. The van der Waals surface area contributed by atoms with Gasteiger partial charge in [0.25, 0.3) is 0 Å². The molecule has 0 radical (unpaired) electrons. The second-order valence-electron chi connectivity index (χ2n) is 3.56. The molecule has 0 atom stereocenters. The Labute approximate surface area is 88.7 Å². The second kappa shape index (κ2) is 4.27. The van der Waals surface area contributed by atoms with E-state index in [4.69, 9.17) is 0 Å². The van der Waals surface area contributed by atoms with Crippen molar-refractivity contribution in [2.75, 3.05) is 7.05 Å². The van der Waals surface area contributed by atoms with E-state index in [0.29, 0.717) is 0 Å². The molecule has 0 saturated carbocycles. The van der Waals surface area contributed by atoms with Crippen LogP contribution in [0.1, 0.15) is 11.3 Å². The molecule has 0 fully saturated rings. The van der Waals surface area contributed by atoms with Crippen molar-refractivity contribution in [3.63, 3.8) is 0 Å². The third-order valence-electron chi connectivity index (χ3n) is 2.16. The minimum atomic E-state index is 0.727. The fourth-order valence-electron chi connectivity index (χ4n) is 1.50. The van der Waals surface area contributed by atoms with Crippen LogP contribution in [0.15, 0.2) is 24.7 Å². The lowest BCUT2D eigenvalue weighted by Crippen LogP contribution is -2.04. The third-order valence-corrected chi connectivity index (χ3v) is 2.16. The summed E-state index contributed by atoms with van der Waals surface area (Å²) in [5.41, 5.74) is 2.21. The first kappa shape index (κ1) is 9.92. The van der Waals surface area contributed by atoms with Crippen molar-refractivity contribution in [3.8, 4) is 0 Å². The van der Waals surface area contributed by atoms with Crippen molar-refractivity contribution in [2.24, 2.45) is 7.05 Å². The predicted octanol–water partition coefficient (Wildman–Crippen LogP) is 0.384. The molecule has 15 heavy (non-hydrogen) atoms. The summed E-state index contributed by atoms with van der Waals surface area (Å²) in [4.78, 5) is 0. The summed E-state index contributed by atoms with van der Waals surface area (Å²) in [6.45, 7) is 1.58. The van der Waals surface area contributed by atoms with E-state index in [9.17, 15) is 0 Å². The van der Waals surface area contributed by atoms with E-state index in [1.54, 1.807) is 4.68 Å². The van der Waals surface area contributed by atoms with Gasteiger partial charge in [-0.05, 0) is 13.1 Å². The molecule has 2 heterocycles. The minimum absolute atomic E-state index is 0.727. The summed E-state index contributed by atoms with van der Waals surface area (Å²) in [5.74, 6) is 0. The second-order valence-corrected chi connectivity index (χ2v) is 3.56. The van der Waals surface area contributed by atoms with Gasteiger partial charge in [-0.2, -0.15) is 10.2 Å². The Hall–Kier alpha value is -1.62. The Bertz CT molecular complexity index is 428. The Morgan fingerprint density at radius 2 is 2.33 bits per heavy atom. The molecule has 0 unspecified atom stereocenters. The number of nitrogens with zero attached hydrogens (tertiary/aromatic N) is 4. The van der Waals surface area contributed by atoms with Crippen molar-refractivity contribution in [1.29, 1.82) is 0 Å². The van der Waals surface area contributed by atoms with E-state index in [1.165, 1.54) is 5.56 Å². The highest BCUT2D eigenvalue weighted by Gasteiger charge is 2.00. The summed E-state index contributed by atoms with van der Waals surface area (Å²) in [5, 5.41) is 11.7. The Morgan fingerprint density at radius 1 is 1.47 bits per heavy atom. The SMILES string of the molecule is CNCc1cnn(Cc2ccn(C)n2)c1. The van der Waals surface area contributed by atoms with Crippen LogP contribution in [-0.4, -0.2) is 26.6 Å². The molecule has 0 saturated heterocycles. The summed E-state index contributed by atoms with van der Waals surface area (Å²) >= 11 is 0. The number of aromatic nitrogens is 4. The van der Waals surface area contributed by atoms with Gasteiger partial charge >= 0.3 is 0 Å². The largest absolute Gasteiger partial charge is 0.316 e. The molecule has 80 valence electrons. The number of aryl methyl sites for hydroxylation is 1. The standard InChI is InChI=1S/C10H15N5/c1-11-5-9-6-12-15(7-9)8-10-3-4-14(2)13-10/h3-4,6-7,11H,5,8H2,1-2H3. The van der Waals surface area contributed by atoms with Gasteiger partial charge in [-0.1, -0.05) is 0 Å². The molecule has 5 heteroatoms. The van der Waals surface area contributed by atoms with Crippen LogP contribution in [0, 0.1) is 0 Å². The third kappa shape index (κ3) is 2.44. The molecule has 0 aromatic carbocycles. The first-order chi connectivity index (χ1) is 7.28. The summed E-state index contributed by atoms with van der Waals surface area (Å²) in [7, 11) is 3.84. The number of hydrogen-bond donors (Lipinski definition) is 1. The molecule has 0 aliphatic heterocycles. The van der Waals surface area contributed by atoms with Gasteiger partial charge in [0.05, 0.1) is 18.4 Å². The smallest absolute Gasteiger partial charge is 0.0849 e. The molecule has 1 N–H and O–H groups in total. The maximum absolute atomic E-state index is 4.30. The highest BCUT2D eigenvalue weighted by molar-refractivity contribution is 5.06. The average Bonchev–Trinajstić information content (AvgIpc) is 2.78. The predicted molar refractivity (Wildman–Crippen MR) is 57.3 cm³/mol.